The summed E-state index contributed by atoms with van der Waals surface area (Å²) in [6.45, 7) is 0.865. The van der Waals surface area contributed by atoms with E-state index < -0.39 is 16.1 Å². The van der Waals surface area contributed by atoms with E-state index in [-0.39, 0.29) is 51.0 Å². The Balaban J connectivity index is 1.40. The van der Waals surface area contributed by atoms with Gasteiger partial charge in [-0.1, -0.05) is 42.5 Å². The standard InChI is InChI=1S/C22H25FN4O4S/c23-20-8-6-19(7-9-20)16-24-22(29)25-17-21(28)26-11-13-27(14-12-26)32(30,31)15-10-18-4-2-1-3-5-18/h1-10,15H,11-14,16-17H2,(H2,24,25,29)/b15-10+. The van der Waals surface area contributed by atoms with Gasteiger partial charge in [-0.25, -0.2) is 17.6 Å². The number of sulfonamides is 1. The van der Waals surface area contributed by atoms with Crippen LogP contribution in [0.1, 0.15) is 11.1 Å². The first-order valence-electron chi connectivity index (χ1n) is 10.1. The highest BCUT2D eigenvalue weighted by Crippen LogP contribution is 2.11. The van der Waals surface area contributed by atoms with E-state index in [9.17, 15) is 22.4 Å². The fourth-order valence-electron chi connectivity index (χ4n) is 3.12. The van der Waals surface area contributed by atoms with Crippen LogP contribution >= 0.6 is 0 Å². The SMILES string of the molecule is O=C(NCC(=O)N1CCN(S(=O)(=O)/C=C/c2ccccc2)CC1)NCc1ccc(F)cc1. The van der Waals surface area contributed by atoms with Gasteiger partial charge in [-0.2, -0.15) is 4.31 Å². The summed E-state index contributed by atoms with van der Waals surface area (Å²) < 4.78 is 39.2. The number of carbonyl (C=O) groups excluding carboxylic acids is 2. The molecular formula is C22H25FN4O4S. The highest BCUT2D eigenvalue weighted by Gasteiger charge is 2.27. The number of piperazine rings is 1. The zero-order valence-corrected chi connectivity index (χ0v) is 18.2. The van der Waals surface area contributed by atoms with Crippen molar-refractivity contribution in [3.05, 3.63) is 76.9 Å². The maximum atomic E-state index is 12.9. The zero-order valence-electron chi connectivity index (χ0n) is 17.4. The van der Waals surface area contributed by atoms with E-state index >= 15 is 0 Å². The van der Waals surface area contributed by atoms with Crippen LogP contribution in [0.3, 0.4) is 0 Å². The van der Waals surface area contributed by atoms with Crippen LogP contribution in [0.15, 0.2) is 60.0 Å². The Bertz CT molecular complexity index is 1050. The van der Waals surface area contributed by atoms with E-state index in [0.29, 0.717) is 0 Å². The number of amides is 3. The normalized spacial score (nSPS) is 15.0. The van der Waals surface area contributed by atoms with Crippen LogP contribution in [0, 0.1) is 5.82 Å². The van der Waals surface area contributed by atoms with Gasteiger partial charge in [-0.15, -0.1) is 0 Å². The molecule has 0 aromatic heterocycles. The Labute approximate surface area is 186 Å². The second-order valence-corrected chi connectivity index (χ2v) is 9.02. The van der Waals surface area contributed by atoms with E-state index in [1.807, 2.05) is 30.3 Å². The summed E-state index contributed by atoms with van der Waals surface area (Å²) in [6, 6.07) is 14.3. The molecule has 3 rings (SSSR count). The summed E-state index contributed by atoms with van der Waals surface area (Å²) >= 11 is 0. The summed E-state index contributed by atoms with van der Waals surface area (Å²) in [5, 5.41) is 6.25. The largest absolute Gasteiger partial charge is 0.339 e. The van der Waals surface area contributed by atoms with E-state index in [0.717, 1.165) is 11.1 Å². The predicted octanol–water partition coefficient (Wildman–Crippen LogP) is 1.77. The molecule has 32 heavy (non-hydrogen) atoms. The Morgan fingerprint density at radius 1 is 0.938 bits per heavy atom. The molecule has 2 N–H and O–H groups in total. The summed E-state index contributed by atoms with van der Waals surface area (Å²) in [5.74, 6) is -0.650. The van der Waals surface area contributed by atoms with Crippen molar-refractivity contribution in [2.24, 2.45) is 0 Å². The molecule has 170 valence electrons. The first-order valence-corrected chi connectivity index (χ1v) is 11.6. The third-order valence-corrected chi connectivity index (χ3v) is 6.51. The second-order valence-electron chi connectivity index (χ2n) is 7.20. The zero-order chi connectivity index (χ0) is 23.0. The molecule has 3 amide bonds. The van der Waals surface area contributed by atoms with Crippen LogP contribution in [0.25, 0.3) is 6.08 Å². The number of halogens is 1. The molecular weight excluding hydrogens is 435 g/mol. The first kappa shape index (κ1) is 23.4. The third kappa shape index (κ3) is 6.89. The highest BCUT2D eigenvalue weighted by molar-refractivity contribution is 7.92. The van der Waals surface area contributed by atoms with Crippen LogP contribution in [0.2, 0.25) is 0 Å². The molecule has 0 bridgehead atoms. The Morgan fingerprint density at radius 3 is 2.25 bits per heavy atom. The third-order valence-electron chi connectivity index (χ3n) is 4.95. The number of rotatable bonds is 7. The lowest BCUT2D eigenvalue weighted by atomic mass is 10.2. The van der Waals surface area contributed by atoms with Crippen molar-refractivity contribution in [2.75, 3.05) is 32.7 Å². The van der Waals surface area contributed by atoms with Gasteiger partial charge in [0.15, 0.2) is 0 Å². The topological polar surface area (TPSA) is 98.8 Å². The molecule has 0 saturated carbocycles. The summed E-state index contributed by atoms with van der Waals surface area (Å²) in [6.07, 6.45) is 1.54. The molecule has 1 aliphatic rings. The molecule has 1 aliphatic heterocycles. The average molecular weight is 461 g/mol. The summed E-state index contributed by atoms with van der Waals surface area (Å²) in [7, 11) is -3.58. The smallest absolute Gasteiger partial charge is 0.315 e. The van der Waals surface area contributed by atoms with Gasteiger partial charge in [0.2, 0.25) is 15.9 Å². The highest BCUT2D eigenvalue weighted by atomic mass is 32.2. The molecule has 0 unspecified atom stereocenters. The quantitative estimate of drug-likeness (QED) is 0.658. The van der Waals surface area contributed by atoms with E-state index in [1.54, 1.807) is 18.2 Å². The maximum Gasteiger partial charge on any atom is 0.315 e. The molecule has 1 heterocycles. The summed E-state index contributed by atoms with van der Waals surface area (Å²) in [5.41, 5.74) is 1.51. The van der Waals surface area contributed by atoms with Gasteiger partial charge in [0.25, 0.3) is 0 Å². The molecule has 1 saturated heterocycles. The minimum Gasteiger partial charge on any atom is -0.339 e. The van der Waals surface area contributed by atoms with Crippen molar-refractivity contribution in [3.63, 3.8) is 0 Å². The Hall–Kier alpha value is -3.24. The van der Waals surface area contributed by atoms with Gasteiger partial charge >= 0.3 is 6.03 Å². The van der Waals surface area contributed by atoms with E-state index in [4.69, 9.17) is 0 Å². The van der Waals surface area contributed by atoms with Crippen molar-refractivity contribution < 1.29 is 22.4 Å². The lowest BCUT2D eigenvalue weighted by Crippen LogP contribution is -2.52. The van der Waals surface area contributed by atoms with Gasteiger partial charge in [0.1, 0.15) is 5.82 Å². The van der Waals surface area contributed by atoms with Crippen LogP contribution in [0.4, 0.5) is 9.18 Å². The van der Waals surface area contributed by atoms with Crippen LogP contribution in [-0.4, -0.2) is 62.3 Å². The lowest BCUT2D eigenvalue weighted by Gasteiger charge is -2.33. The molecule has 0 radical (unpaired) electrons. The van der Waals surface area contributed by atoms with Crippen molar-refractivity contribution >= 4 is 28.0 Å². The molecule has 0 atom stereocenters. The average Bonchev–Trinajstić information content (AvgIpc) is 2.81. The minimum atomic E-state index is -3.58. The van der Waals surface area contributed by atoms with Gasteiger partial charge in [-0.05, 0) is 29.3 Å². The molecule has 0 spiro atoms. The van der Waals surface area contributed by atoms with Crippen molar-refractivity contribution in [1.82, 2.24) is 19.8 Å². The van der Waals surface area contributed by atoms with Crippen LogP contribution in [-0.2, 0) is 21.4 Å². The van der Waals surface area contributed by atoms with E-state index in [2.05, 4.69) is 10.6 Å². The Kier molecular flexibility index (Phi) is 7.96. The van der Waals surface area contributed by atoms with Gasteiger partial charge in [0, 0.05) is 38.1 Å². The molecule has 1 fully saturated rings. The second kappa shape index (κ2) is 10.9. The Morgan fingerprint density at radius 2 is 1.59 bits per heavy atom. The number of urea groups is 1. The van der Waals surface area contributed by atoms with E-state index in [1.165, 1.54) is 26.7 Å². The van der Waals surface area contributed by atoms with Crippen molar-refractivity contribution in [1.29, 1.82) is 0 Å². The minimum absolute atomic E-state index is 0.184. The summed E-state index contributed by atoms with van der Waals surface area (Å²) in [4.78, 5) is 25.7. The maximum absolute atomic E-state index is 12.9. The van der Waals surface area contributed by atoms with Crippen molar-refractivity contribution in [2.45, 2.75) is 6.54 Å². The number of hydrogen-bond donors (Lipinski definition) is 2. The predicted molar refractivity (Wildman–Crippen MR) is 119 cm³/mol. The molecule has 0 aliphatic carbocycles. The van der Waals surface area contributed by atoms with Crippen molar-refractivity contribution in [3.8, 4) is 0 Å². The first-order chi connectivity index (χ1) is 15.3. The number of carbonyl (C=O) groups is 2. The van der Waals surface area contributed by atoms with Gasteiger partial charge < -0.3 is 15.5 Å². The fraction of sp³-hybridized carbons (Fsp3) is 0.273. The molecule has 2 aromatic carbocycles. The molecule has 2 aromatic rings. The number of benzene rings is 2. The van der Waals surface area contributed by atoms with Gasteiger partial charge in [-0.3, -0.25) is 4.79 Å². The lowest BCUT2D eigenvalue weighted by molar-refractivity contribution is -0.131. The number of nitrogens with one attached hydrogen (secondary N) is 2. The monoisotopic (exact) mass is 460 g/mol. The number of nitrogens with zero attached hydrogens (tertiary/aromatic N) is 2. The van der Waals surface area contributed by atoms with Gasteiger partial charge in [0.05, 0.1) is 6.54 Å². The number of hydrogen-bond acceptors (Lipinski definition) is 4. The van der Waals surface area contributed by atoms with Crippen LogP contribution < -0.4 is 10.6 Å². The van der Waals surface area contributed by atoms with Crippen LogP contribution in [0.5, 0.6) is 0 Å². The molecule has 8 nitrogen and oxygen atoms in total. The fourth-order valence-corrected chi connectivity index (χ4v) is 4.30. The molecule has 10 heteroatoms.